The van der Waals surface area contributed by atoms with Crippen LogP contribution in [0, 0.1) is 11.8 Å². The quantitative estimate of drug-likeness (QED) is 0.870. The molecule has 1 aliphatic rings. The third kappa shape index (κ3) is 2.38. The molecule has 2 nitrogen and oxygen atoms in total. The number of rotatable bonds is 4. The Kier molecular flexibility index (Phi) is 3.38. The van der Waals surface area contributed by atoms with Gasteiger partial charge in [0.1, 0.15) is 4.99 Å². The Balaban J connectivity index is 2.03. The molecular weight excluding hydrogens is 264 g/mol. The molecule has 0 saturated heterocycles. The van der Waals surface area contributed by atoms with Crippen molar-refractivity contribution in [3.63, 3.8) is 0 Å². The molecule has 2 unspecified atom stereocenters. The van der Waals surface area contributed by atoms with E-state index in [0.717, 1.165) is 29.3 Å². The maximum absolute atomic E-state index is 5.83. The van der Waals surface area contributed by atoms with Gasteiger partial charge >= 0.3 is 0 Å². The van der Waals surface area contributed by atoms with Gasteiger partial charge in [0.15, 0.2) is 0 Å². The van der Waals surface area contributed by atoms with Gasteiger partial charge < -0.3 is 10.6 Å². The van der Waals surface area contributed by atoms with Crippen LogP contribution in [0.4, 0.5) is 5.69 Å². The van der Waals surface area contributed by atoms with Gasteiger partial charge in [0.05, 0.1) is 0 Å². The SMILES string of the molecule is CC1CC1CN(C)c1ccc(C(N)=S)c2ccccc12. The van der Waals surface area contributed by atoms with Crippen LogP contribution in [0.15, 0.2) is 36.4 Å². The van der Waals surface area contributed by atoms with Crippen molar-refractivity contribution in [2.45, 2.75) is 13.3 Å². The van der Waals surface area contributed by atoms with Gasteiger partial charge in [0.25, 0.3) is 0 Å². The van der Waals surface area contributed by atoms with Crippen LogP contribution in [0.2, 0.25) is 0 Å². The zero-order valence-electron chi connectivity index (χ0n) is 12.0. The summed E-state index contributed by atoms with van der Waals surface area (Å²) < 4.78 is 0. The van der Waals surface area contributed by atoms with Crippen LogP contribution in [0.25, 0.3) is 10.8 Å². The lowest BCUT2D eigenvalue weighted by atomic mass is 10.0. The zero-order valence-corrected chi connectivity index (χ0v) is 12.8. The lowest BCUT2D eigenvalue weighted by molar-refractivity contribution is 0.727. The van der Waals surface area contributed by atoms with Crippen molar-refractivity contribution < 1.29 is 0 Å². The second-order valence-corrected chi connectivity index (χ2v) is 6.34. The first-order valence-electron chi connectivity index (χ1n) is 7.10. The van der Waals surface area contributed by atoms with E-state index in [1.54, 1.807) is 0 Å². The van der Waals surface area contributed by atoms with Crippen LogP contribution in [-0.4, -0.2) is 18.6 Å². The fraction of sp³-hybridized carbons (Fsp3) is 0.353. The predicted octanol–water partition coefficient (Wildman–Crippen LogP) is 3.57. The third-order valence-electron chi connectivity index (χ3n) is 4.36. The number of fused-ring (bicyclic) bond motifs is 1. The summed E-state index contributed by atoms with van der Waals surface area (Å²) in [5, 5.41) is 2.38. The first kappa shape index (κ1) is 13.4. The van der Waals surface area contributed by atoms with Gasteiger partial charge in [-0.25, -0.2) is 0 Å². The Morgan fingerprint density at radius 2 is 1.90 bits per heavy atom. The highest BCUT2D eigenvalue weighted by Crippen LogP contribution is 2.39. The van der Waals surface area contributed by atoms with Crippen molar-refractivity contribution in [3.8, 4) is 0 Å². The Morgan fingerprint density at radius 1 is 1.25 bits per heavy atom. The normalized spacial score (nSPS) is 20.9. The molecule has 0 amide bonds. The van der Waals surface area contributed by atoms with Crippen LogP contribution >= 0.6 is 12.2 Å². The number of thiocarbonyl (C=S) groups is 1. The standard InChI is InChI=1S/C17H20N2S/c1-11-9-12(11)10-19(2)16-8-7-15(17(18)20)13-5-3-4-6-14(13)16/h3-8,11-12H,9-10H2,1-2H3,(H2,18,20). The summed E-state index contributed by atoms with van der Waals surface area (Å²) in [6.45, 7) is 3.45. The number of anilines is 1. The summed E-state index contributed by atoms with van der Waals surface area (Å²) >= 11 is 5.16. The Labute approximate surface area is 125 Å². The molecule has 1 aliphatic carbocycles. The highest BCUT2D eigenvalue weighted by Gasteiger charge is 2.33. The maximum atomic E-state index is 5.83. The maximum Gasteiger partial charge on any atom is 0.104 e. The first-order valence-corrected chi connectivity index (χ1v) is 7.51. The highest BCUT2D eigenvalue weighted by atomic mass is 32.1. The fourth-order valence-electron chi connectivity index (χ4n) is 2.93. The lowest BCUT2D eigenvalue weighted by Gasteiger charge is -2.22. The number of hydrogen-bond donors (Lipinski definition) is 1. The molecule has 2 aromatic rings. The molecule has 3 heteroatoms. The van der Waals surface area contributed by atoms with Gasteiger partial charge in [0.2, 0.25) is 0 Å². The molecule has 0 heterocycles. The summed E-state index contributed by atoms with van der Waals surface area (Å²) in [5.41, 5.74) is 8.06. The number of benzene rings is 2. The van der Waals surface area contributed by atoms with Crippen LogP contribution in [0.5, 0.6) is 0 Å². The third-order valence-corrected chi connectivity index (χ3v) is 4.58. The molecule has 20 heavy (non-hydrogen) atoms. The van der Waals surface area contributed by atoms with E-state index in [4.69, 9.17) is 18.0 Å². The highest BCUT2D eigenvalue weighted by molar-refractivity contribution is 7.80. The molecule has 2 N–H and O–H groups in total. The summed E-state index contributed by atoms with van der Waals surface area (Å²) in [5.74, 6) is 1.72. The molecule has 0 aromatic heterocycles. The summed E-state index contributed by atoms with van der Waals surface area (Å²) in [4.78, 5) is 2.83. The van der Waals surface area contributed by atoms with Crippen molar-refractivity contribution >= 4 is 33.7 Å². The van der Waals surface area contributed by atoms with Crippen molar-refractivity contribution in [1.29, 1.82) is 0 Å². The molecule has 0 spiro atoms. The second-order valence-electron chi connectivity index (χ2n) is 5.90. The summed E-state index contributed by atoms with van der Waals surface area (Å²) in [6.07, 6.45) is 1.35. The molecule has 0 radical (unpaired) electrons. The zero-order chi connectivity index (χ0) is 14.3. The monoisotopic (exact) mass is 284 g/mol. The summed E-state index contributed by atoms with van der Waals surface area (Å²) in [7, 11) is 2.17. The Morgan fingerprint density at radius 3 is 2.50 bits per heavy atom. The van der Waals surface area contributed by atoms with Crippen LogP contribution in [-0.2, 0) is 0 Å². The van der Waals surface area contributed by atoms with E-state index in [-0.39, 0.29) is 0 Å². The van der Waals surface area contributed by atoms with Crippen LogP contribution < -0.4 is 10.6 Å². The summed E-state index contributed by atoms with van der Waals surface area (Å²) in [6, 6.07) is 12.6. The topological polar surface area (TPSA) is 29.3 Å². The molecule has 3 rings (SSSR count). The lowest BCUT2D eigenvalue weighted by Crippen LogP contribution is -2.21. The minimum atomic E-state index is 0.464. The second kappa shape index (κ2) is 5.06. The van der Waals surface area contributed by atoms with E-state index < -0.39 is 0 Å². The average Bonchev–Trinajstić information content (AvgIpc) is 3.12. The van der Waals surface area contributed by atoms with Gasteiger partial charge in [-0.1, -0.05) is 43.4 Å². The fourth-order valence-corrected chi connectivity index (χ4v) is 3.11. The van der Waals surface area contributed by atoms with E-state index in [2.05, 4.69) is 43.1 Å². The van der Waals surface area contributed by atoms with Gasteiger partial charge in [-0.05, 0) is 35.8 Å². The first-order chi connectivity index (χ1) is 9.58. The molecule has 1 saturated carbocycles. The molecule has 0 aliphatic heterocycles. The van der Waals surface area contributed by atoms with Crippen molar-refractivity contribution in [1.82, 2.24) is 0 Å². The Hall–Kier alpha value is -1.61. The van der Waals surface area contributed by atoms with Crippen molar-refractivity contribution in [2.24, 2.45) is 17.6 Å². The number of nitrogens with two attached hydrogens (primary N) is 1. The van der Waals surface area contributed by atoms with Gasteiger partial charge in [-0.2, -0.15) is 0 Å². The largest absolute Gasteiger partial charge is 0.389 e. The molecular formula is C17H20N2S. The smallest absolute Gasteiger partial charge is 0.104 e. The van der Waals surface area contributed by atoms with Crippen molar-refractivity contribution in [2.75, 3.05) is 18.5 Å². The Bertz CT molecular complexity index is 665. The predicted molar refractivity (Wildman–Crippen MR) is 90.4 cm³/mol. The van der Waals surface area contributed by atoms with Gasteiger partial charge in [0, 0.05) is 30.2 Å². The van der Waals surface area contributed by atoms with Crippen molar-refractivity contribution in [3.05, 3.63) is 42.0 Å². The van der Waals surface area contributed by atoms with E-state index in [0.29, 0.717) is 4.99 Å². The van der Waals surface area contributed by atoms with E-state index in [1.165, 1.54) is 17.5 Å². The molecule has 2 aromatic carbocycles. The molecule has 0 bridgehead atoms. The van der Waals surface area contributed by atoms with Gasteiger partial charge in [-0.15, -0.1) is 0 Å². The molecule has 2 atom stereocenters. The van der Waals surface area contributed by atoms with E-state index in [1.807, 2.05) is 12.1 Å². The van der Waals surface area contributed by atoms with Crippen LogP contribution in [0.3, 0.4) is 0 Å². The number of nitrogens with zero attached hydrogens (tertiary/aromatic N) is 1. The minimum absolute atomic E-state index is 0.464. The molecule has 104 valence electrons. The van der Waals surface area contributed by atoms with Crippen LogP contribution in [0.1, 0.15) is 18.9 Å². The number of hydrogen-bond acceptors (Lipinski definition) is 2. The molecule has 1 fully saturated rings. The minimum Gasteiger partial charge on any atom is -0.389 e. The van der Waals surface area contributed by atoms with E-state index >= 15 is 0 Å². The van der Waals surface area contributed by atoms with E-state index in [9.17, 15) is 0 Å². The van der Waals surface area contributed by atoms with Gasteiger partial charge in [-0.3, -0.25) is 0 Å². The average molecular weight is 284 g/mol.